The topological polar surface area (TPSA) is 69.7 Å². The number of carbonyl (C=O) groups is 3. The molecule has 0 spiro atoms. The molecule has 0 saturated carbocycles. The molecule has 92 valence electrons. The minimum absolute atomic E-state index is 0.0273. The molecule has 0 saturated heterocycles. The zero-order valence-electron chi connectivity index (χ0n) is 9.78. The predicted molar refractivity (Wildman–Crippen MR) is 56.7 cm³/mol. The largest absolute Gasteiger partial charge is 0.469 e. The van der Waals surface area contributed by atoms with Crippen LogP contribution in [0.1, 0.15) is 39.0 Å². The number of hydrogen-bond donors (Lipinski definition) is 0. The van der Waals surface area contributed by atoms with Crippen LogP contribution in [0, 0.1) is 0 Å². The predicted octanol–water partition coefficient (Wildman–Crippen LogP) is 1.24. The van der Waals surface area contributed by atoms with E-state index < -0.39 is 11.9 Å². The summed E-state index contributed by atoms with van der Waals surface area (Å²) in [6.07, 6.45) is 1.55. The van der Waals surface area contributed by atoms with Gasteiger partial charge < -0.3 is 9.47 Å². The molecule has 0 N–H and O–H groups in total. The van der Waals surface area contributed by atoms with Crippen molar-refractivity contribution in [1.82, 2.24) is 0 Å². The van der Waals surface area contributed by atoms with Crippen molar-refractivity contribution in [3.63, 3.8) is 0 Å². The molecule has 0 amide bonds. The molecule has 0 unspecified atom stereocenters. The molecule has 0 atom stereocenters. The second-order valence-corrected chi connectivity index (χ2v) is 3.37. The Bertz CT molecular complexity index is 247. The molecule has 0 aromatic rings. The van der Waals surface area contributed by atoms with E-state index in [4.69, 9.17) is 4.74 Å². The summed E-state index contributed by atoms with van der Waals surface area (Å²) in [7, 11) is 1.22. The molecule has 0 aliphatic heterocycles. The Morgan fingerprint density at radius 1 is 1.06 bits per heavy atom. The number of hydrogen-bond acceptors (Lipinski definition) is 5. The van der Waals surface area contributed by atoms with Crippen molar-refractivity contribution in [1.29, 1.82) is 0 Å². The van der Waals surface area contributed by atoms with E-state index in [-0.39, 0.29) is 25.0 Å². The van der Waals surface area contributed by atoms with Crippen LogP contribution in [0.25, 0.3) is 0 Å². The van der Waals surface area contributed by atoms with E-state index in [0.29, 0.717) is 6.61 Å². The molecule has 0 fully saturated rings. The summed E-state index contributed by atoms with van der Waals surface area (Å²) in [5.41, 5.74) is 0. The number of ketones is 1. The second kappa shape index (κ2) is 8.88. The van der Waals surface area contributed by atoms with Gasteiger partial charge in [0.2, 0.25) is 0 Å². The maximum Gasteiger partial charge on any atom is 0.313 e. The molecule has 0 radical (unpaired) electrons. The molecule has 0 aromatic heterocycles. The lowest BCUT2D eigenvalue weighted by molar-refractivity contribution is -0.147. The van der Waals surface area contributed by atoms with Crippen LogP contribution >= 0.6 is 0 Å². The summed E-state index contributed by atoms with van der Waals surface area (Å²) in [6.45, 7) is 2.38. The summed E-state index contributed by atoms with van der Waals surface area (Å²) >= 11 is 0. The Morgan fingerprint density at radius 2 is 1.75 bits per heavy atom. The Morgan fingerprint density at radius 3 is 2.31 bits per heavy atom. The molecule has 0 rings (SSSR count). The SMILES string of the molecule is CCCCOC(=O)CCC(=O)CC(=O)OC. The van der Waals surface area contributed by atoms with Crippen molar-refractivity contribution in [2.75, 3.05) is 13.7 Å². The first-order valence-electron chi connectivity index (χ1n) is 5.34. The van der Waals surface area contributed by atoms with Crippen molar-refractivity contribution >= 4 is 17.7 Å². The van der Waals surface area contributed by atoms with Crippen LogP contribution < -0.4 is 0 Å². The van der Waals surface area contributed by atoms with Crippen molar-refractivity contribution in [3.8, 4) is 0 Å². The van der Waals surface area contributed by atoms with E-state index in [1.54, 1.807) is 0 Å². The van der Waals surface area contributed by atoms with E-state index in [1.807, 2.05) is 6.92 Å². The third kappa shape index (κ3) is 7.96. The van der Waals surface area contributed by atoms with E-state index >= 15 is 0 Å². The smallest absolute Gasteiger partial charge is 0.313 e. The van der Waals surface area contributed by atoms with Crippen LogP contribution in [0.2, 0.25) is 0 Å². The highest BCUT2D eigenvalue weighted by molar-refractivity contribution is 5.96. The highest BCUT2D eigenvalue weighted by atomic mass is 16.5. The van der Waals surface area contributed by atoms with Gasteiger partial charge in [-0.15, -0.1) is 0 Å². The average molecular weight is 230 g/mol. The third-order valence-electron chi connectivity index (χ3n) is 1.94. The summed E-state index contributed by atoms with van der Waals surface area (Å²) < 4.78 is 9.19. The molecule has 0 aliphatic rings. The van der Waals surface area contributed by atoms with Gasteiger partial charge >= 0.3 is 11.9 Å². The van der Waals surface area contributed by atoms with Crippen molar-refractivity contribution in [2.45, 2.75) is 39.0 Å². The zero-order valence-corrected chi connectivity index (χ0v) is 9.78. The third-order valence-corrected chi connectivity index (χ3v) is 1.94. The van der Waals surface area contributed by atoms with Gasteiger partial charge in [0, 0.05) is 6.42 Å². The molecule has 0 heterocycles. The fourth-order valence-corrected chi connectivity index (χ4v) is 0.966. The lowest BCUT2D eigenvalue weighted by Crippen LogP contribution is -2.12. The van der Waals surface area contributed by atoms with Crippen molar-refractivity contribution < 1.29 is 23.9 Å². The van der Waals surface area contributed by atoms with Gasteiger partial charge in [-0.2, -0.15) is 0 Å². The van der Waals surface area contributed by atoms with Crippen LogP contribution in [0.4, 0.5) is 0 Å². The molecule has 16 heavy (non-hydrogen) atoms. The van der Waals surface area contributed by atoms with E-state index in [2.05, 4.69) is 4.74 Å². The van der Waals surface area contributed by atoms with Gasteiger partial charge in [0.1, 0.15) is 12.2 Å². The fraction of sp³-hybridized carbons (Fsp3) is 0.727. The van der Waals surface area contributed by atoms with Gasteiger partial charge in [-0.25, -0.2) is 0 Å². The lowest BCUT2D eigenvalue weighted by Gasteiger charge is -2.03. The number of carbonyl (C=O) groups excluding carboxylic acids is 3. The number of esters is 2. The van der Waals surface area contributed by atoms with Gasteiger partial charge in [-0.05, 0) is 6.42 Å². The molecular formula is C11H18O5. The standard InChI is InChI=1S/C11H18O5/c1-3-4-7-16-10(13)6-5-9(12)8-11(14)15-2/h3-8H2,1-2H3. The van der Waals surface area contributed by atoms with Gasteiger partial charge in [0.05, 0.1) is 20.1 Å². The first-order valence-corrected chi connectivity index (χ1v) is 5.34. The second-order valence-electron chi connectivity index (χ2n) is 3.37. The van der Waals surface area contributed by atoms with Crippen molar-refractivity contribution in [2.24, 2.45) is 0 Å². The van der Waals surface area contributed by atoms with Crippen LogP contribution in [0.15, 0.2) is 0 Å². The quantitative estimate of drug-likeness (QED) is 0.356. The van der Waals surface area contributed by atoms with Crippen LogP contribution in [0.3, 0.4) is 0 Å². The highest BCUT2D eigenvalue weighted by Gasteiger charge is 2.12. The van der Waals surface area contributed by atoms with E-state index in [0.717, 1.165) is 12.8 Å². The van der Waals surface area contributed by atoms with Crippen molar-refractivity contribution in [3.05, 3.63) is 0 Å². The number of ether oxygens (including phenoxy) is 2. The fourth-order valence-electron chi connectivity index (χ4n) is 0.966. The molecule has 0 aromatic carbocycles. The maximum absolute atomic E-state index is 11.1. The highest BCUT2D eigenvalue weighted by Crippen LogP contribution is 2.00. The van der Waals surface area contributed by atoms with Gasteiger partial charge in [-0.3, -0.25) is 14.4 Å². The maximum atomic E-state index is 11.1. The Labute approximate surface area is 95.1 Å². The first-order chi connectivity index (χ1) is 7.60. The monoisotopic (exact) mass is 230 g/mol. The summed E-state index contributed by atoms with van der Waals surface area (Å²) in [5, 5.41) is 0. The lowest BCUT2D eigenvalue weighted by atomic mass is 10.2. The van der Waals surface area contributed by atoms with E-state index in [9.17, 15) is 14.4 Å². The minimum atomic E-state index is -0.579. The van der Waals surface area contributed by atoms with Crippen LogP contribution in [0.5, 0.6) is 0 Å². The summed E-state index contributed by atoms with van der Waals surface area (Å²) in [4.78, 5) is 32.9. The molecule has 5 heteroatoms. The van der Waals surface area contributed by atoms with Crippen LogP contribution in [-0.2, 0) is 23.9 Å². The Kier molecular flexibility index (Phi) is 8.11. The molecule has 0 aliphatic carbocycles. The summed E-state index contributed by atoms with van der Waals surface area (Å²) in [5.74, 6) is -1.28. The van der Waals surface area contributed by atoms with Crippen LogP contribution in [-0.4, -0.2) is 31.4 Å². The molecular weight excluding hydrogens is 212 g/mol. The zero-order chi connectivity index (χ0) is 12.4. The van der Waals surface area contributed by atoms with E-state index in [1.165, 1.54) is 7.11 Å². The Balaban J connectivity index is 3.59. The summed E-state index contributed by atoms with van der Waals surface area (Å²) in [6, 6.07) is 0. The first kappa shape index (κ1) is 14.6. The average Bonchev–Trinajstić information content (AvgIpc) is 2.26. The number of Topliss-reactive ketones (excluding diaryl/α,β-unsaturated/α-hetero) is 1. The minimum Gasteiger partial charge on any atom is -0.469 e. The number of rotatable bonds is 8. The van der Waals surface area contributed by atoms with Gasteiger partial charge in [-0.1, -0.05) is 13.3 Å². The normalized spacial score (nSPS) is 9.62. The molecule has 0 bridgehead atoms. The Hall–Kier alpha value is -1.39. The van der Waals surface area contributed by atoms with Gasteiger partial charge in [0.15, 0.2) is 0 Å². The van der Waals surface area contributed by atoms with Gasteiger partial charge in [0.25, 0.3) is 0 Å². The number of methoxy groups -OCH3 is 1. The molecule has 5 nitrogen and oxygen atoms in total. The number of unbranched alkanes of at least 4 members (excludes halogenated alkanes) is 1.